The van der Waals surface area contributed by atoms with Crippen molar-refractivity contribution in [3.63, 3.8) is 0 Å². The van der Waals surface area contributed by atoms with Gasteiger partial charge in [-0.05, 0) is 45.2 Å². The van der Waals surface area contributed by atoms with Gasteiger partial charge in [-0.3, -0.25) is 9.48 Å². The maximum Gasteiger partial charge on any atom is 0.349 e. The van der Waals surface area contributed by atoms with Gasteiger partial charge in [0.25, 0.3) is 5.91 Å². The van der Waals surface area contributed by atoms with E-state index in [-0.39, 0.29) is 18.1 Å². The van der Waals surface area contributed by atoms with E-state index in [0.717, 1.165) is 18.5 Å². The molecule has 1 saturated heterocycles. The van der Waals surface area contributed by atoms with Crippen molar-refractivity contribution in [2.24, 2.45) is 0 Å². The van der Waals surface area contributed by atoms with Crippen molar-refractivity contribution in [3.8, 4) is 0 Å². The summed E-state index contributed by atoms with van der Waals surface area (Å²) in [6.45, 7) is 6.88. The highest BCUT2D eigenvalue weighted by atomic mass is 16.5. The molecule has 3 heterocycles. The van der Waals surface area contributed by atoms with E-state index in [2.05, 4.69) is 10.4 Å². The SMILES string of the molecule is Cc1cc(C2CCOCC2)oc(=O)c1C(=O)Nc1c(C)nn(CCO)c1C. The normalized spacial score (nSPS) is 15.1. The summed E-state index contributed by atoms with van der Waals surface area (Å²) in [5.41, 5.74) is 1.83. The molecular formula is C19H25N3O5. The number of aliphatic hydroxyl groups excluding tert-OH is 1. The van der Waals surface area contributed by atoms with E-state index in [0.29, 0.717) is 42.5 Å². The molecule has 0 spiro atoms. The number of anilines is 1. The summed E-state index contributed by atoms with van der Waals surface area (Å²) in [6, 6.07) is 1.78. The molecule has 0 radical (unpaired) electrons. The molecule has 1 aliphatic heterocycles. The third-order valence-electron chi connectivity index (χ3n) is 4.95. The minimum atomic E-state index is -0.632. The van der Waals surface area contributed by atoms with Crippen LogP contribution in [0.2, 0.25) is 0 Å². The molecule has 3 rings (SSSR count). The zero-order valence-corrected chi connectivity index (χ0v) is 15.9. The second kappa shape index (κ2) is 8.06. The van der Waals surface area contributed by atoms with Crippen LogP contribution >= 0.6 is 0 Å². The second-order valence-electron chi connectivity index (χ2n) is 6.83. The molecule has 0 unspecified atom stereocenters. The summed E-state index contributed by atoms with van der Waals surface area (Å²) in [5.74, 6) is 0.235. The molecule has 8 heteroatoms. The lowest BCUT2D eigenvalue weighted by Gasteiger charge is -2.21. The Hall–Kier alpha value is -2.45. The lowest BCUT2D eigenvalue weighted by atomic mass is 9.95. The second-order valence-corrected chi connectivity index (χ2v) is 6.83. The van der Waals surface area contributed by atoms with Gasteiger partial charge in [-0.15, -0.1) is 0 Å². The number of nitrogens with zero attached hydrogens (tertiary/aromatic N) is 2. The largest absolute Gasteiger partial charge is 0.427 e. The zero-order valence-electron chi connectivity index (χ0n) is 15.9. The number of carbonyl (C=O) groups excluding carboxylic acids is 1. The number of hydrogen-bond acceptors (Lipinski definition) is 6. The third-order valence-corrected chi connectivity index (χ3v) is 4.95. The van der Waals surface area contributed by atoms with Gasteiger partial charge in [0, 0.05) is 19.1 Å². The minimum absolute atomic E-state index is 0.000447. The number of rotatable bonds is 5. The Balaban J connectivity index is 1.86. The van der Waals surface area contributed by atoms with E-state index in [1.807, 2.05) is 0 Å². The van der Waals surface area contributed by atoms with Gasteiger partial charge in [-0.1, -0.05) is 0 Å². The van der Waals surface area contributed by atoms with Crippen LogP contribution in [-0.4, -0.2) is 40.6 Å². The molecule has 0 atom stereocenters. The highest BCUT2D eigenvalue weighted by molar-refractivity contribution is 6.05. The molecule has 0 bridgehead atoms. The fourth-order valence-electron chi connectivity index (χ4n) is 3.46. The number of nitrogens with one attached hydrogen (secondary N) is 1. The average Bonchev–Trinajstić information content (AvgIpc) is 2.90. The Bertz CT molecular complexity index is 893. The fourth-order valence-corrected chi connectivity index (χ4v) is 3.46. The van der Waals surface area contributed by atoms with Gasteiger partial charge in [0.05, 0.1) is 30.2 Å². The molecule has 2 aromatic rings. The Morgan fingerprint density at radius 1 is 1.33 bits per heavy atom. The van der Waals surface area contributed by atoms with Crippen molar-refractivity contribution in [1.82, 2.24) is 9.78 Å². The predicted octanol–water partition coefficient (Wildman–Crippen LogP) is 1.90. The topological polar surface area (TPSA) is 107 Å². The van der Waals surface area contributed by atoms with Gasteiger partial charge in [-0.2, -0.15) is 5.10 Å². The molecule has 0 aromatic carbocycles. The number of aliphatic hydroxyl groups is 1. The molecule has 2 aromatic heterocycles. The lowest BCUT2D eigenvalue weighted by Crippen LogP contribution is -2.24. The molecule has 146 valence electrons. The quantitative estimate of drug-likeness (QED) is 0.827. The fraction of sp³-hybridized carbons (Fsp3) is 0.526. The first kappa shape index (κ1) is 19.3. The molecule has 2 N–H and O–H groups in total. The van der Waals surface area contributed by atoms with Gasteiger partial charge in [0.2, 0.25) is 0 Å². The van der Waals surface area contributed by atoms with Crippen molar-refractivity contribution in [1.29, 1.82) is 0 Å². The van der Waals surface area contributed by atoms with Crippen molar-refractivity contribution in [3.05, 3.63) is 44.8 Å². The predicted molar refractivity (Wildman–Crippen MR) is 99.2 cm³/mol. The maximum absolute atomic E-state index is 12.7. The van der Waals surface area contributed by atoms with Crippen LogP contribution in [0.5, 0.6) is 0 Å². The Kier molecular flexibility index (Phi) is 5.76. The summed E-state index contributed by atoms with van der Waals surface area (Å²) in [4.78, 5) is 25.2. The highest BCUT2D eigenvalue weighted by Gasteiger charge is 2.24. The van der Waals surface area contributed by atoms with Crippen LogP contribution in [0.4, 0.5) is 5.69 Å². The van der Waals surface area contributed by atoms with Crippen LogP contribution in [0.3, 0.4) is 0 Å². The lowest BCUT2D eigenvalue weighted by molar-refractivity contribution is 0.0796. The molecule has 1 fully saturated rings. The number of aromatic nitrogens is 2. The van der Waals surface area contributed by atoms with Crippen LogP contribution in [0, 0.1) is 20.8 Å². The first-order valence-corrected chi connectivity index (χ1v) is 9.11. The van der Waals surface area contributed by atoms with E-state index in [4.69, 9.17) is 14.3 Å². The minimum Gasteiger partial charge on any atom is -0.427 e. The van der Waals surface area contributed by atoms with Crippen LogP contribution in [0.25, 0.3) is 0 Å². The van der Waals surface area contributed by atoms with E-state index in [1.165, 1.54) is 0 Å². The summed E-state index contributed by atoms with van der Waals surface area (Å²) in [7, 11) is 0. The molecule has 0 aliphatic carbocycles. The van der Waals surface area contributed by atoms with Crippen LogP contribution in [-0.2, 0) is 11.3 Å². The molecule has 27 heavy (non-hydrogen) atoms. The average molecular weight is 375 g/mol. The van der Waals surface area contributed by atoms with Crippen LogP contribution < -0.4 is 10.9 Å². The van der Waals surface area contributed by atoms with E-state index >= 15 is 0 Å². The number of hydrogen-bond donors (Lipinski definition) is 2. The van der Waals surface area contributed by atoms with E-state index < -0.39 is 11.5 Å². The summed E-state index contributed by atoms with van der Waals surface area (Å²) in [6.07, 6.45) is 1.60. The number of aryl methyl sites for hydroxylation is 2. The number of ether oxygens (including phenoxy) is 1. The van der Waals surface area contributed by atoms with Crippen molar-refractivity contribution >= 4 is 11.6 Å². The molecule has 1 amide bonds. The first-order valence-electron chi connectivity index (χ1n) is 9.11. The Morgan fingerprint density at radius 3 is 2.67 bits per heavy atom. The smallest absolute Gasteiger partial charge is 0.349 e. The van der Waals surface area contributed by atoms with Crippen molar-refractivity contribution < 1.29 is 19.1 Å². The van der Waals surface area contributed by atoms with E-state index in [9.17, 15) is 9.59 Å². The standard InChI is InChI=1S/C19H25N3O5/c1-11-10-15(14-4-8-26-9-5-14)27-19(25)16(11)18(24)20-17-12(2)21-22(6-7-23)13(17)3/h10,14,23H,4-9H2,1-3H3,(H,20,24). The van der Waals surface area contributed by atoms with Crippen LogP contribution in [0.15, 0.2) is 15.3 Å². The van der Waals surface area contributed by atoms with Crippen LogP contribution in [0.1, 0.15) is 51.8 Å². The zero-order chi connectivity index (χ0) is 19.6. The van der Waals surface area contributed by atoms with Gasteiger partial charge in [-0.25, -0.2) is 4.79 Å². The number of amides is 1. The van der Waals surface area contributed by atoms with Crippen molar-refractivity contribution in [2.45, 2.75) is 46.1 Å². The molecule has 0 saturated carbocycles. The molecule has 1 aliphatic rings. The summed E-state index contributed by atoms with van der Waals surface area (Å²) >= 11 is 0. The summed E-state index contributed by atoms with van der Waals surface area (Å²) < 4.78 is 12.4. The number of carbonyl (C=O) groups is 1. The monoisotopic (exact) mass is 375 g/mol. The van der Waals surface area contributed by atoms with Gasteiger partial charge in [0.15, 0.2) is 0 Å². The van der Waals surface area contributed by atoms with Gasteiger partial charge >= 0.3 is 5.63 Å². The van der Waals surface area contributed by atoms with E-state index in [1.54, 1.807) is 31.5 Å². The maximum atomic E-state index is 12.7. The Labute approximate surface area is 157 Å². The van der Waals surface area contributed by atoms with Crippen molar-refractivity contribution in [2.75, 3.05) is 25.1 Å². The molecular weight excluding hydrogens is 350 g/mol. The highest BCUT2D eigenvalue weighted by Crippen LogP contribution is 2.27. The van der Waals surface area contributed by atoms with Gasteiger partial charge in [0.1, 0.15) is 11.3 Å². The van der Waals surface area contributed by atoms with Gasteiger partial charge < -0.3 is 19.6 Å². The summed E-state index contributed by atoms with van der Waals surface area (Å²) in [5, 5.41) is 16.2. The molecule has 8 nitrogen and oxygen atoms in total. The Morgan fingerprint density at radius 2 is 2.04 bits per heavy atom. The first-order chi connectivity index (χ1) is 12.9. The third kappa shape index (κ3) is 3.96.